The van der Waals surface area contributed by atoms with E-state index in [0.29, 0.717) is 10.7 Å². The van der Waals surface area contributed by atoms with Crippen molar-refractivity contribution < 1.29 is 9.53 Å². The number of carbonyl (C=O) groups is 1. The van der Waals surface area contributed by atoms with Gasteiger partial charge in [-0.05, 0) is 49.6 Å². The number of amides is 1. The minimum absolute atomic E-state index is 0.162. The lowest BCUT2D eigenvalue weighted by atomic mass is 10.1. The van der Waals surface area contributed by atoms with Gasteiger partial charge in [-0.3, -0.25) is 9.59 Å². The standard InChI is InChI=1S/C22H22ClN3O3/c1-4-16-7-5-6-8-18(16)24-22(28)15(3)29-20-11-12-21(27)26(25-20)19-13-17(23)10-9-14(19)2/h5-13,15H,4H2,1-3H3,(H,24,28)/t15-/m0/s1. The van der Waals surface area contributed by atoms with Crippen LogP contribution in [0.4, 0.5) is 5.69 Å². The summed E-state index contributed by atoms with van der Waals surface area (Å²) in [5, 5.41) is 7.62. The first-order valence-corrected chi connectivity index (χ1v) is 9.69. The Balaban J connectivity index is 1.80. The quantitative estimate of drug-likeness (QED) is 0.660. The molecule has 0 saturated heterocycles. The first-order chi connectivity index (χ1) is 13.9. The molecule has 1 heterocycles. The summed E-state index contributed by atoms with van der Waals surface area (Å²) in [4.78, 5) is 24.8. The second-order valence-electron chi connectivity index (χ2n) is 6.61. The number of benzene rings is 2. The molecular formula is C22H22ClN3O3. The number of aromatic nitrogens is 2. The van der Waals surface area contributed by atoms with Gasteiger partial charge in [-0.1, -0.05) is 42.8 Å². The van der Waals surface area contributed by atoms with Gasteiger partial charge in [-0.25, -0.2) is 0 Å². The third-order valence-corrected chi connectivity index (χ3v) is 4.73. The number of carbonyl (C=O) groups excluding carboxylic acids is 1. The molecule has 3 aromatic rings. The van der Waals surface area contributed by atoms with E-state index in [1.807, 2.05) is 38.1 Å². The number of aryl methyl sites for hydroxylation is 2. The molecule has 0 aliphatic heterocycles. The highest BCUT2D eigenvalue weighted by Crippen LogP contribution is 2.19. The van der Waals surface area contributed by atoms with Gasteiger partial charge in [0.15, 0.2) is 6.10 Å². The van der Waals surface area contributed by atoms with Gasteiger partial charge in [0.05, 0.1) is 5.69 Å². The van der Waals surface area contributed by atoms with Crippen molar-refractivity contribution in [2.75, 3.05) is 5.32 Å². The van der Waals surface area contributed by atoms with Crippen molar-refractivity contribution in [3.05, 3.63) is 81.1 Å². The summed E-state index contributed by atoms with van der Waals surface area (Å²) >= 11 is 6.06. The van der Waals surface area contributed by atoms with Crippen molar-refractivity contribution in [3.63, 3.8) is 0 Å². The van der Waals surface area contributed by atoms with Crippen LogP contribution >= 0.6 is 11.6 Å². The summed E-state index contributed by atoms with van der Waals surface area (Å²) < 4.78 is 6.91. The Kier molecular flexibility index (Phi) is 6.34. The van der Waals surface area contributed by atoms with Crippen molar-refractivity contribution in [2.45, 2.75) is 33.3 Å². The van der Waals surface area contributed by atoms with Gasteiger partial charge in [-0.15, -0.1) is 5.10 Å². The van der Waals surface area contributed by atoms with Gasteiger partial charge < -0.3 is 10.1 Å². The van der Waals surface area contributed by atoms with Gasteiger partial charge in [0.25, 0.3) is 11.5 Å². The molecule has 29 heavy (non-hydrogen) atoms. The summed E-state index contributed by atoms with van der Waals surface area (Å²) in [6.07, 6.45) is -0.00387. The third-order valence-electron chi connectivity index (χ3n) is 4.50. The fourth-order valence-corrected chi connectivity index (χ4v) is 3.03. The molecule has 0 fully saturated rings. The zero-order valence-corrected chi connectivity index (χ0v) is 17.2. The van der Waals surface area contributed by atoms with E-state index in [2.05, 4.69) is 10.4 Å². The van der Waals surface area contributed by atoms with Crippen LogP contribution in [0.25, 0.3) is 5.69 Å². The van der Waals surface area contributed by atoms with Crippen molar-refractivity contribution in [3.8, 4) is 11.6 Å². The van der Waals surface area contributed by atoms with E-state index in [1.165, 1.54) is 16.8 Å². The van der Waals surface area contributed by atoms with E-state index in [-0.39, 0.29) is 17.3 Å². The lowest BCUT2D eigenvalue weighted by Crippen LogP contribution is -2.31. The molecule has 7 heteroatoms. The van der Waals surface area contributed by atoms with Crippen molar-refractivity contribution in [1.29, 1.82) is 0 Å². The molecule has 1 aromatic heterocycles. The summed E-state index contributed by atoms with van der Waals surface area (Å²) in [6.45, 7) is 5.51. The number of para-hydroxylation sites is 1. The molecule has 0 aliphatic carbocycles. The number of nitrogens with one attached hydrogen (secondary N) is 1. The lowest BCUT2D eigenvalue weighted by Gasteiger charge is -2.16. The zero-order valence-electron chi connectivity index (χ0n) is 16.5. The van der Waals surface area contributed by atoms with Gasteiger partial charge >= 0.3 is 0 Å². The summed E-state index contributed by atoms with van der Waals surface area (Å²) in [6, 6.07) is 15.6. The Morgan fingerprint density at radius 1 is 1.21 bits per heavy atom. The molecule has 0 radical (unpaired) electrons. The van der Waals surface area contributed by atoms with Crippen LogP contribution in [-0.2, 0) is 11.2 Å². The fraction of sp³-hybridized carbons (Fsp3) is 0.227. The number of anilines is 1. The van der Waals surface area contributed by atoms with E-state index in [4.69, 9.17) is 16.3 Å². The van der Waals surface area contributed by atoms with E-state index in [9.17, 15) is 9.59 Å². The SMILES string of the molecule is CCc1ccccc1NC(=O)[C@H](C)Oc1ccc(=O)n(-c2cc(Cl)ccc2C)n1. The topological polar surface area (TPSA) is 73.2 Å². The average Bonchev–Trinajstić information content (AvgIpc) is 2.71. The Morgan fingerprint density at radius 3 is 2.72 bits per heavy atom. The molecule has 0 unspecified atom stereocenters. The Morgan fingerprint density at radius 2 is 1.97 bits per heavy atom. The first-order valence-electron chi connectivity index (χ1n) is 9.31. The normalized spacial score (nSPS) is 11.7. The Bertz CT molecular complexity index is 1090. The monoisotopic (exact) mass is 411 g/mol. The van der Waals surface area contributed by atoms with Crippen LogP contribution in [0.3, 0.4) is 0 Å². The van der Waals surface area contributed by atoms with Crippen LogP contribution in [0.1, 0.15) is 25.0 Å². The van der Waals surface area contributed by atoms with E-state index in [1.54, 1.807) is 25.1 Å². The molecule has 2 aromatic carbocycles. The van der Waals surface area contributed by atoms with E-state index < -0.39 is 6.10 Å². The first kappa shape index (κ1) is 20.6. The average molecular weight is 412 g/mol. The predicted octanol–water partition coefficient (Wildman–Crippen LogP) is 4.16. The molecule has 0 aliphatic rings. The summed E-state index contributed by atoms with van der Waals surface area (Å²) in [5.41, 5.74) is 2.86. The zero-order chi connectivity index (χ0) is 21.0. The molecule has 1 amide bonds. The van der Waals surface area contributed by atoms with Gasteiger partial charge in [0.2, 0.25) is 5.88 Å². The van der Waals surface area contributed by atoms with Gasteiger partial charge in [0, 0.05) is 22.8 Å². The van der Waals surface area contributed by atoms with E-state index >= 15 is 0 Å². The second-order valence-corrected chi connectivity index (χ2v) is 7.05. The highest BCUT2D eigenvalue weighted by atomic mass is 35.5. The second kappa shape index (κ2) is 8.92. The van der Waals surface area contributed by atoms with Crippen molar-refractivity contribution in [2.24, 2.45) is 0 Å². The Labute approximate surface area is 174 Å². The van der Waals surface area contributed by atoms with E-state index in [0.717, 1.165) is 23.2 Å². The minimum atomic E-state index is -0.807. The smallest absolute Gasteiger partial charge is 0.271 e. The van der Waals surface area contributed by atoms with Crippen LogP contribution in [-0.4, -0.2) is 21.8 Å². The molecule has 0 bridgehead atoms. The highest BCUT2D eigenvalue weighted by molar-refractivity contribution is 6.30. The number of rotatable bonds is 6. The van der Waals surface area contributed by atoms with Gasteiger partial charge in [-0.2, -0.15) is 4.68 Å². The van der Waals surface area contributed by atoms with Crippen LogP contribution < -0.4 is 15.6 Å². The summed E-state index contributed by atoms with van der Waals surface area (Å²) in [7, 11) is 0. The molecular weight excluding hydrogens is 390 g/mol. The number of halogens is 1. The molecule has 6 nitrogen and oxygen atoms in total. The molecule has 0 saturated carbocycles. The molecule has 150 valence electrons. The number of nitrogens with zero attached hydrogens (tertiary/aromatic N) is 2. The molecule has 3 rings (SSSR count). The van der Waals surface area contributed by atoms with Crippen LogP contribution in [0, 0.1) is 6.92 Å². The number of ether oxygens (including phenoxy) is 1. The highest BCUT2D eigenvalue weighted by Gasteiger charge is 2.17. The number of hydrogen-bond acceptors (Lipinski definition) is 4. The number of hydrogen-bond donors (Lipinski definition) is 1. The van der Waals surface area contributed by atoms with Crippen molar-refractivity contribution >= 4 is 23.2 Å². The predicted molar refractivity (Wildman–Crippen MR) is 114 cm³/mol. The summed E-state index contributed by atoms with van der Waals surface area (Å²) in [5.74, 6) is -0.139. The third kappa shape index (κ3) is 4.84. The van der Waals surface area contributed by atoms with Crippen molar-refractivity contribution in [1.82, 2.24) is 9.78 Å². The van der Waals surface area contributed by atoms with Crippen LogP contribution in [0.15, 0.2) is 59.4 Å². The lowest BCUT2D eigenvalue weighted by molar-refractivity contribution is -0.122. The maximum Gasteiger partial charge on any atom is 0.271 e. The molecule has 0 spiro atoms. The maximum absolute atomic E-state index is 12.6. The van der Waals surface area contributed by atoms with Crippen LogP contribution in [0.5, 0.6) is 5.88 Å². The Hall–Kier alpha value is -3.12. The maximum atomic E-state index is 12.6. The van der Waals surface area contributed by atoms with Crippen LogP contribution in [0.2, 0.25) is 5.02 Å². The minimum Gasteiger partial charge on any atom is -0.463 e. The molecule has 1 N–H and O–H groups in total. The molecule has 1 atom stereocenters. The van der Waals surface area contributed by atoms with Gasteiger partial charge in [0.1, 0.15) is 0 Å². The fourth-order valence-electron chi connectivity index (χ4n) is 2.86. The largest absolute Gasteiger partial charge is 0.463 e.